The molecule has 0 fully saturated rings. The third-order valence-electron chi connectivity index (χ3n) is 5.17. The van der Waals surface area contributed by atoms with Gasteiger partial charge in [0.1, 0.15) is 17.0 Å². The Morgan fingerprint density at radius 2 is 1.97 bits per heavy atom. The maximum absolute atomic E-state index is 5.97. The molecule has 2 aromatic carbocycles. The molecule has 7 heteroatoms. The van der Waals surface area contributed by atoms with Gasteiger partial charge in [-0.15, -0.1) is 0 Å². The summed E-state index contributed by atoms with van der Waals surface area (Å²) in [6, 6.07) is 16.3. The number of hydrogen-bond donors (Lipinski definition) is 2. The number of benzene rings is 2. The summed E-state index contributed by atoms with van der Waals surface area (Å²) in [4.78, 5) is 19.2. The van der Waals surface area contributed by atoms with E-state index < -0.39 is 0 Å². The average Bonchev–Trinajstić information content (AvgIpc) is 3.24. The quantitative estimate of drug-likeness (QED) is 0.413. The van der Waals surface area contributed by atoms with Crippen LogP contribution < -0.4 is 10.1 Å². The van der Waals surface area contributed by atoms with Crippen LogP contribution in [0.3, 0.4) is 0 Å². The van der Waals surface area contributed by atoms with Gasteiger partial charge in [-0.05, 0) is 43.3 Å². The summed E-state index contributed by atoms with van der Waals surface area (Å²) >= 11 is 0. The minimum Gasteiger partial charge on any atom is -0.493 e. The minimum atomic E-state index is 0.510. The molecule has 6 bridgehead atoms. The molecule has 0 saturated carbocycles. The summed E-state index contributed by atoms with van der Waals surface area (Å²) in [5.74, 6) is 1.33. The Labute approximate surface area is 180 Å². The van der Waals surface area contributed by atoms with Crippen molar-refractivity contribution in [2.24, 2.45) is 0 Å². The van der Waals surface area contributed by atoms with Crippen molar-refractivity contribution in [2.45, 2.75) is 13.0 Å². The molecular formula is C24H24N6O. The molecule has 0 atom stereocenters. The second-order valence-electron chi connectivity index (χ2n) is 7.66. The number of hydrogen-bond acceptors (Lipinski definition) is 6. The first-order valence-electron chi connectivity index (χ1n) is 10.4. The van der Waals surface area contributed by atoms with E-state index in [2.05, 4.69) is 62.6 Å². The number of fused-ring (bicyclic) bond motifs is 9. The Bertz CT molecular complexity index is 1230. The molecule has 0 aliphatic carbocycles. The number of likely N-dealkylation sites (N-methyl/N-ethyl adjacent to an activating group) is 1. The number of rotatable bonds is 0. The van der Waals surface area contributed by atoms with E-state index in [1.807, 2.05) is 30.3 Å². The predicted molar refractivity (Wildman–Crippen MR) is 122 cm³/mol. The fourth-order valence-electron chi connectivity index (χ4n) is 3.70. The highest BCUT2D eigenvalue weighted by Crippen LogP contribution is 2.29. The predicted octanol–water partition coefficient (Wildman–Crippen LogP) is 4.53. The fraction of sp³-hybridized carbons (Fsp3) is 0.208. The molecule has 0 radical (unpaired) electrons. The van der Waals surface area contributed by atoms with Crippen molar-refractivity contribution in [3.8, 4) is 17.0 Å². The van der Waals surface area contributed by atoms with Crippen molar-refractivity contribution in [1.82, 2.24) is 24.8 Å². The zero-order valence-corrected chi connectivity index (χ0v) is 17.4. The van der Waals surface area contributed by atoms with Crippen molar-refractivity contribution in [3.63, 3.8) is 0 Å². The van der Waals surface area contributed by atoms with Crippen LogP contribution in [0.25, 0.3) is 22.4 Å². The second kappa shape index (κ2) is 8.57. The van der Waals surface area contributed by atoms with E-state index in [1.54, 1.807) is 6.33 Å². The molecule has 1 aliphatic heterocycles. The van der Waals surface area contributed by atoms with Gasteiger partial charge >= 0.3 is 0 Å². The maximum atomic E-state index is 5.97. The van der Waals surface area contributed by atoms with Crippen LogP contribution in [0.1, 0.15) is 12.0 Å². The smallest absolute Gasteiger partial charge is 0.229 e. The standard InChI is InChI=1S/C24H24N6O/c1-30-11-3-2-4-12-31-20-10-6-8-18(14-20)21-22-23(26-16-25-22)29-24(28-21)27-19-9-5-7-17(13-19)15-30/h2-3,5-10,13-14,16H,4,11-12,15H2,1H3,(H2,25,26,27,28,29)/b3-2+. The van der Waals surface area contributed by atoms with E-state index in [-0.39, 0.29) is 0 Å². The summed E-state index contributed by atoms with van der Waals surface area (Å²) < 4.78 is 5.97. The summed E-state index contributed by atoms with van der Waals surface area (Å²) in [5, 5.41) is 3.35. The van der Waals surface area contributed by atoms with E-state index >= 15 is 0 Å². The molecule has 4 aromatic rings. The van der Waals surface area contributed by atoms with Crippen LogP contribution in [0.5, 0.6) is 5.75 Å². The number of ether oxygens (including phenoxy) is 1. The number of aromatic amines is 1. The lowest BCUT2D eigenvalue weighted by molar-refractivity contribution is 0.324. The van der Waals surface area contributed by atoms with Crippen LogP contribution in [-0.4, -0.2) is 45.0 Å². The van der Waals surface area contributed by atoms with Gasteiger partial charge in [0.05, 0.1) is 12.9 Å². The lowest BCUT2D eigenvalue weighted by atomic mass is 10.1. The van der Waals surface area contributed by atoms with Gasteiger partial charge in [-0.2, -0.15) is 4.98 Å². The van der Waals surface area contributed by atoms with Gasteiger partial charge in [0, 0.05) is 24.3 Å². The van der Waals surface area contributed by atoms with Crippen LogP contribution in [0.15, 0.2) is 67.0 Å². The van der Waals surface area contributed by atoms with Crippen LogP contribution in [0, 0.1) is 0 Å². The molecule has 0 saturated heterocycles. The number of anilines is 2. The number of nitrogens with zero attached hydrogens (tertiary/aromatic N) is 4. The van der Waals surface area contributed by atoms with Gasteiger partial charge < -0.3 is 15.0 Å². The summed E-state index contributed by atoms with van der Waals surface area (Å²) in [6.07, 6.45) is 6.87. The largest absolute Gasteiger partial charge is 0.493 e. The van der Waals surface area contributed by atoms with E-state index in [1.165, 1.54) is 5.56 Å². The molecule has 7 nitrogen and oxygen atoms in total. The van der Waals surface area contributed by atoms with Gasteiger partial charge in [0.2, 0.25) is 5.95 Å². The SMILES string of the molecule is CN1C/C=C/CCOc2cccc(c2)-c2nc(nc3nc[nH]c23)Nc2cccc(c2)C1. The van der Waals surface area contributed by atoms with Crippen molar-refractivity contribution in [2.75, 3.05) is 25.5 Å². The molecule has 0 amide bonds. The van der Waals surface area contributed by atoms with E-state index in [0.29, 0.717) is 18.2 Å². The number of aromatic nitrogens is 4. The normalized spacial score (nSPS) is 16.0. The molecule has 31 heavy (non-hydrogen) atoms. The van der Waals surface area contributed by atoms with Crippen LogP contribution in [-0.2, 0) is 6.54 Å². The van der Waals surface area contributed by atoms with Crippen molar-refractivity contribution >= 4 is 22.8 Å². The first-order valence-corrected chi connectivity index (χ1v) is 10.4. The molecule has 0 spiro atoms. The van der Waals surface area contributed by atoms with Gasteiger partial charge in [-0.1, -0.05) is 36.4 Å². The highest BCUT2D eigenvalue weighted by molar-refractivity contribution is 5.88. The molecule has 5 rings (SSSR count). The highest BCUT2D eigenvalue weighted by atomic mass is 16.5. The first kappa shape index (κ1) is 19.3. The van der Waals surface area contributed by atoms with E-state index in [0.717, 1.165) is 47.7 Å². The third-order valence-corrected chi connectivity index (χ3v) is 5.17. The molecule has 1 aliphatic rings. The summed E-state index contributed by atoms with van der Waals surface area (Å²) in [5.41, 5.74) is 5.32. The molecule has 3 heterocycles. The molecule has 0 unspecified atom stereocenters. The molecular weight excluding hydrogens is 388 g/mol. The van der Waals surface area contributed by atoms with Crippen LogP contribution in [0.4, 0.5) is 11.6 Å². The van der Waals surface area contributed by atoms with Crippen molar-refractivity contribution < 1.29 is 4.74 Å². The van der Waals surface area contributed by atoms with E-state index in [4.69, 9.17) is 9.72 Å². The second-order valence-corrected chi connectivity index (χ2v) is 7.66. The van der Waals surface area contributed by atoms with E-state index in [9.17, 15) is 0 Å². The Morgan fingerprint density at radius 1 is 1.03 bits per heavy atom. The van der Waals surface area contributed by atoms with Gasteiger partial charge in [-0.3, -0.25) is 4.90 Å². The highest BCUT2D eigenvalue weighted by Gasteiger charge is 2.13. The fourth-order valence-corrected chi connectivity index (χ4v) is 3.70. The zero-order valence-electron chi connectivity index (χ0n) is 17.4. The van der Waals surface area contributed by atoms with Crippen LogP contribution >= 0.6 is 0 Å². The third kappa shape index (κ3) is 4.41. The Kier molecular flexibility index (Phi) is 5.33. The van der Waals surface area contributed by atoms with Crippen molar-refractivity contribution in [3.05, 3.63) is 72.6 Å². The van der Waals surface area contributed by atoms with Gasteiger partial charge in [0.15, 0.2) is 5.65 Å². The first-order chi connectivity index (χ1) is 15.2. The Morgan fingerprint density at radius 3 is 2.94 bits per heavy atom. The minimum absolute atomic E-state index is 0.510. The maximum Gasteiger partial charge on any atom is 0.229 e. The number of nitrogens with one attached hydrogen (secondary N) is 2. The van der Waals surface area contributed by atoms with Gasteiger partial charge in [-0.25, -0.2) is 9.97 Å². The molecule has 156 valence electrons. The van der Waals surface area contributed by atoms with Gasteiger partial charge in [0.25, 0.3) is 0 Å². The molecule has 2 aromatic heterocycles. The number of imidazole rings is 1. The zero-order chi connectivity index (χ0) is 21.0. The topological polar surface area (TPSA) is 79.0 Å². The lowest BCUT2D eigenvalue weighted by Gasteiger charge is -2.16. The summed E-state index contributed by atoms with van der Waals surface area (Å²) in [7, 11) is 2.12. The summed E-state index contributed by atoms with van der Waals surface area (Å²) in [6.45, 7) is 2.36. The Balaban J connectivity index is 1.59. The monoisotopic (exact) mass is 412 g/mol. The number of H-pyrrole nitrogens is 1. The lowest BCUT2D eigenvalue weighted by Crippen LogP contribution is -2.17. The average molecular weight is 412 g/mol. The van der Waals surface area contributed by atoms with Crippen molar-refractivity contribution in [1.29, 1.82) is 0 Å². The Hall–Kier alpha value is -3.71. The molecule has 2 N–H and O–H groups in total. The van der Waals surface area contributed by atoms with Crippen LogP contribution in [0.2, 0.25) is 0 Å².